The largest absolute Gasteiger partial charge is 0.341 e. The number of allylic oxidation sites excluding steroid dienone is 1. The minimum Gasteiger partial charge on any atom is -0.341 e. The Bertz CT molecular complexity index is 326. The number of nitrogens with zero attached hydrogens (tertiary/aromatic N) is 3. The zero-order valence-electron chi connectivity index (χ0n) is 9.19. The van der Waals surface area contributed by atoms with Gasteiger partial charge < -0.3 is 4.90 Å². The van der Waals surface area contributed by atoms with Crippen LogP contribution in [0.15, 0.2) is 30.6 Å². The van der Waals surface area contributed by atoms with E-state index in [-0.39, 0.29) is 0 Å². The fourth-order valence-electron chi connectivity index (χ4n) is 2.03. The highest BCUT2D eigenvalue weighted by molar-refractivity contribution is 5.29. The van der Waals surface area contributed by atoms with E-state index < -0.39 is 0 Å². The lowest BCUT2D eigenvalue weighted by Gasteiger charge is -2.32. The second-order valence-electron chi connectivity index (χ2n) is 4.16. The first-order valence-electron chi connectivity index (χ1n) is 5.45. The minimum atomic E-state index is 0.685. The van der Waals surface area contributed by atoms with Crippen molar-refractivity contribution < 1.29 is 0 Å². The summed E-state index contributed by atoms with van der Waals surface area (Å²) in [6.45, 7) is 8.24. The Hall–Kier alpha value is -1.38. The monoisotopic (exact) mass is 203 g/mol. The van der Waals surface area contributed by atoms with Crippen molar-refractivity contribution in [3.8, 4) is 0 Å². The second-order valence-corrected chi connectivity index (χ2v) is 4.16. The predicted molar refractivity (Wildman–Crippen MR) is 61.8 cm³/mol. The molecular weight excluding hydrogens is 186 g/mol. The van der Waals surface area contributed by atoms with Crippen LogP contribution in [0.3, 0.4) is 0 Å². The van der Waals surface area contributed by atoms with E-state index >= 15 is 0 Å². The summed E-state index contributed by atoms with van der Waals surface area (Å²) in [6.07, 6.45) is 5.95. The average Bonchev–Trinajstić information content (AvgIpc) is 2.30. The van der Waals surface area contributed by atoms with Crippen LogP contribution in [-0.2, 0) is 0 Å². The first kappa shape index (κ1) is 10.1. The fourth-order valence-corrected chi connectivity index (χ4v) is 2.03. The molecule has 0 aliphatic carbocycles. The summed E-state index contributed by atoms with van der Waals surface area (Å²) < 4.78 is 0. The molecule has 0 spiro atoms. The van der Waals surface area contributed by atoms with Crippen molar-refractivity contribution in [2.75, 3.05) is 18.0 Å². The Morgan fingerprint density at radius 1 is 1.33 bits per heavy atom. The van der Waals surface area contributed by atoms with Gasteiger partial charge in [0.2, 0.25) is 5.95 Å². The summed E-state index contributed by atoms with van der Waals surface area (Å²) in [7, 11) is 0. The third kappa shape index (κ3) is 2.35. The Labute approximate surface area is 90.9 Å². The van der Waals surface area contributed by atoms with Crippen molar-refractivity contribution in [3.05, 3.63) is 30.6 Å². The number of rotatable bonds is 2. The molecule has 0 amide bonds. The average molecular weight is 203 g/mol. The van der Waals surface area contributed by atoms with Crippen molar-refractivity contribution >= 4 is 5.95 Å². The molecule has 0 radical (unpaired) electrons. The molecule has 3 nitrogen and oxygen atoms in total. The van der Waals surface area contributed by atoms with Gasteiger partial charge in [-0.1, -0.05) is 12.2 Å². The van der Waals surface area contributed by atoms with Crippen LogP contribution in [-0.4, -0.2) is 23.1 Å². The summed E-state index contributed by atoms with van der Waals surface area (Å²) in [5.74, 6) is 1.54. The summed E-state index contributed by atoms with van der Waals surface area (Å²) in [5, 5.41) is 0. The molecule has 1 aromatic heterocycles. The number of hydrogen-bond donors (Lipinski definition) is 0. The van der Waals surface area contributed by atoms with Gasteiger partial charge in [0.05, 0.1) is 0 Å². The van der Waals surface area contributed by atoms with Crippen LogP contribution in [0.4, 0.5) is 5.95 Å². The normalized spacial score (nSPS) is 17.8. The van der Waals surface area contributed by atoms with Gasteiger partial charge in [0.25, 0.3) is 0 Å². The number of hydrogen-bond acceptors (Lipinski definition) is 3. The fraction of sp³-hybridized carbons (Fsp3) is 0.500. The molecule has 80 valence electrons. The zero-order valence-corrected chi connectivity index (χ0v) is 9.19. The van der Waals surface area contributed by atoms with Crippen LogP contribution in [0.1, 0.15) is 19.8 Å². The molecule has 1 aliphatic heterocycles. The molecule has 2 rings (SSSR count). The second kappa shape index (κ2) is 4.43. The highest BCUT2D eigenvalue weighted by Crippen LogP contribution is 2.24. The maximum atomic E-state index is 4.26. The summed E-state index contributed by atoms with van der Waals surface area (Å²) >= 11 is 0. The zero-order chi connectivity index (χ0) is 10.7. The molecule has 0 bridgehead atoms. The van der Waals surface area contributed by atoms with Gasteiger partial charge in [0.1, 0.15) is 0 Å². The van der Waals surface area contributed by atoms with Gasteiger partial charge in [0, 0.05) is 25.5 Å². The van der Waals surface area contributed by atoms with E-state index in [4.69, 9.17) is 0 Å². The Morgan fingerprint density at radius 2 is 1.93 bits per heavy atom. The van der Waals surface area contributed by atoms with Crippen molar-refractivity contribution in [2.24, 2.45) is 5.92 Å². The maximum Gasteiger partial charge on any atom is 0.225 e. The maximum absolute atomic E-state index is 4.26. The quantitative estimate of drug-likeness (QED) is 0.690. The molecule has 1 aromatic rings. The predicted octanol–water partition coefficient (Wildman–Crippen LogP) is 2.27. The van der Waals surface area contributed by atoms with Crippen molar-refractivity contribution in [3.63, 3.8) is 0 Å². The molecule has 0 saturated carbocycles. The molecule has 1 saturated heterocycles. The van der Waals surface area contributed by atoms with Crippen LogP contribution < -0.4 is 4.90 Å². The van der Waals surface area contributed by atoms with Gasteiger partial charge in [-0.05, 0) is 31.7 Å². The minimum absolute atomic E-state index is 0.685. The molecule has 1 aliphatic rings. The van der Waals surface area contributed by atoms with Crippen LogP contribution in [0, 0.1) is 5.92 Å². The van der Waals surface area contributed by atoms with Gasteiger partial charge in [-0.25, -0.2) is 9.97 Å². The molecule has 2 heterocycles. The van der Waals surface area contributed by atoms with Crippen molar-refractivity contribution in [1.82, 2.24) is 9.97 Å². The number of aromatic nitrogens is 2. The van der Waals surface area contributed by atoms with Gasteiger partial charge >= 0.3 is 0 Å². The highest BCUT2D eigenvalue weighted by Gasteiger charge is 2.20. The van der Waals surface area contributed by atoms with Gasteiger partial charge in [-0.2, -0.15) is 0 Å². The smallest absolute Gasteiger partial charge is 0.225 e. The van der Waals surface area contributed by atoms with Gasteiger partial charge in [-0.3, -0.25) is 0 Å². The third-order valence-corrected chi connectivity index (χ3v) is 3.03. The van der Waals surface area contributed by atoms with Crippen molar-refractivity contribution in [2.45, 2.75) is 19.8 Å². The van der Waals surface area contributed by atoms with E-state index in [0.29, 0.717) is 5.92 Å². The first-order chi connectivity index (χ1) is 7.27. The van der Waals surface area contributed by atoms with Crippen LogP contribution >= 0.6 is 0 Å². The highest BCUT2D eigenvalue weighted by atomic mass is 15.2. The molecule has 0 atom stereocenters. The lowest BCUT2D eigenvalue weighted by Crippen LogP contribution is -2.34. The van der Waals surface area contributed by atoms with Crippen LogP contribution in [0.5, 0.6) is 0 Å². The Morgan fingerprint density at radius 3 is 2.47 bits per heavy atom. The summed E-state index contributed by atoms with van der Waals surface area (Å²) in [4.78, 5) is 10.8. The number of anilines is 1. The van der Waals surface area contributed by atoms with Crippen LogP contribution in [0.2, 0.25) is 0 Å². The van der Waals surface area contributed by atoms with E-state index in [1.165, 1.54) is 18.4 Å². The van der Waals surface area contributed by atoms with E-state index in [1.54, 1.807) is 12.4 Å². The SMILES string of the molecule is C=C(C)C1CCN(c2ncccn2)CC1. The molecule has 0 aromatic carbocycles. The standard InChI is InChI=1S/C12H17N3/c1-10(2)11-4-8-15(9-5-11)12-13-6-3-7-14-12/h3,6-7,11H,1,4-5,8-9H2,2H3. The summed E-state index contributed by atoms with van der Waals surface area (Å²) in [5.41, 5.74) is 1.31. The van der Waals surface area contributed by atoms with Crippen LogP contribution in [0.25, 0.3) is 0 Å². The molecule has 15 heavy (non-hydrogen) atoms. The first-order valence-corrected chi connectivity index (χ1v) is 5.45. The Balaban J connectivity index is 1.97. The molecule has 0 unspecified atom stereocenters. The van der Waals surface area contributed by atoms with E-state index in [1.807, 2.05) is 6.07 Å². The van der Waals surface area contributed by atoms with Crippen molar-refractivity contribution in [1.29, 1.82) is 0 Å². The van der Waals surface area contributed by atoms with Gasteiger partial charge in [-0.15, -0.1) is 0 Å². The van der Waals surface area contributed by atoms with E-state index in [9.17, 15) is 0 Å². The lowest BCUT2D eigenvalue weighted by molar-refractivity contribution is 0.455. The number of piperidine rings is 1. The lowest BCUT2D eigenvalue weighted by atomic mass is 9.91. The third-order valence-electron chi connectivity index (χ3n) is 3.03. The Kier molecular flexibility index (Phi) is 2.99. The topological polar surface area (TPSA) is 29.0 Å². The van der Waals surface area contributed by atoms with Gasteiger partial charge in [0.15, 0.2) is 0 Å². The molecular formula is C12H17N3. The van der Waals surface area contributed by atoms with E-state index in [0.717, 1.165) is 19.0 Å². The summed E-state index contributed by atoms with van der Waals surface area (Å²) in [6, 6.07) is 1.85. The molecule has 0 N–H and O–H groups in total. The van der Waals surface area contributed by atoms with E-state index in [2.05, 4.69) is 28.4 Å². The molecule has 1 fully saturated rings. The molecule has 3 heteroatoms.